The number of amides is 2. The Bertz CT molecular complexity index is 1060. The van der Waals surface area contributed by atoms with E-state index in [4.69, 9.17) is 25.8 Å². The SMILES string of the molecule is CCCCCCOc1ccc([C@H](C(=O)NC2CCCCC2)N(CCc2ccc(OC)c(OC)c2)C(=O)CCl)cc1. The summed E-state index contributed by atoms with van der Waals surface area (Å²) < 4.78 is 16.7. The first kappa shape index (κ1) is 31.6. The fourth-order valence-electron chi connectivity index (χ4n) is 5.23. The third kappa shape index (κ3) is 9.33. The molecule has 1 aliphatic rings. The van der Waals surface area contributed by atoms with Crippen LogP contribution in [0.25, 0.3) is 0 Å². The van der Waals surface area contributed by atoms with E-state index >= 15 is 0 Å². The van der Waals surface area contributed by atoms with Gasteiger partial charge in [-0.25, -0.2) is 0 Å². The molecule has 1 N–H and O–H groups in total. The van der Waals surface area contributed by atoms with E-state index in [-0.39, 0.29) is 23.7 Å². The Morgan fingerprint density at radius 2 is 1.70 bits per heavy atom. The van der Waals surface area contributed by atoms with Gasteiger partial charge in [-0.15, -0.1) is 11.6 Å². The molecular weight excluding hydrogens is 528 g/mol. The molecular formula is C32H45ClN2O5. The normalized spacial score (nSPS) is 14.3. The standard InChI is InChI=1S/C32H45ClN2O5/c1-4-5-6-10-21-40-27-16-14-25(15-17-27)31(32(37)34-26-11-8-7-9-12-26)35(30(36)23-33)20-19-24-13-18-28(38-2)29(22-24)39-3/h13-18,22,26,31H,4-12,19-21,23H2,1-3H3,(H,34,37)/t31-/m1/s1. The molecule has 2 amide bonds. The van der Waals surface area contributed by atoms with Crippen molar-refractivity contribution < 1.29 is 23.8 Å². The summed E-state index contributed by atoms with van der Waals surface area (Å²) in [5.74, 6) is 1.34. The summed E-state index contributed by atoms with van der Waals surface area (Å²) in [6.45, 7) is 3.17. The first-order valence-corrected chi connectivity index (χ1v) is 15.1. The molecule has 0 bridgehead atoms. The quantitative estimate of drug-likeness (QED) is 0.184. The summed E-state index contributed by atoms with van der Waals surface area (Å²) in [7, 11) is 3.19. The van der Waals surface area contributed by atoms with Gasteiger partial charge >= 0.3 is 0 Å². The molecule has 0 heterocycles. The molecule has 7 nitrogen and oxygen atoms in total. The van der Waals surface area contributed by atoms with Crippen molar-refractivity contribution in [2.75, 3.05) is 33.3 Å². The molecule has 1 aliphatic carbocycles. The fraction of sp³-hybridized carbons (Fsp3) is 0.562. The lowest BCUT2D eigenvalue weighted by atomic mass is 9.94. The number of nitrogens with one attached hydrogen (secondary N) is 1. The van der Waals surface area contributed by atoms with E-state index < -0.39 is 6.04 Å². The smallest absolute Gasteiger partial charge is 0.247 e. The summed E-state index contributed by atoms with van der Waals surface area (Å²) in [5, 5.41) is 3.23. The van der Waals surface area contributed by atoms with E-state index in [9.17, 15) is 9.59 Å². The summed E-state index contributed by atoms with van der Waals surface area (Å²) in [6.07, 6.45) is 10.4. The van der Waals surface area contributed by atoms with Crippen LogP contribution in [0.1, 0.15) is 81.9 Å². The van der Waals surface area contributed by atoms with Crippen LogP contribution < -0.4 is 19.5 Å². The van der Waals surface area contributed by atoms with Crippen molar-refractivity contribution in [3.63, 3.8) is 0 Å². The maximum atomic E-state index is 13.8. The van der Waals surface area contributed by atoms with Gasteiger partial charge in [0.05, 0.1) is 20.8 Å². The third-order valence-electron chi connectivity index (χ3n) is 7.50. The number of benzene rings is 2. The van der Waals surface area contributed by atoms with E-state index in [2.05, 4.69) is 12.2 Å². The van der Waals surface area contributed by atoms with E-state index in [1.165, 1.54) is 19.3 Å². The van der Waals surface area contributed by atoms with Gasteiger partial charge in [-0.1, -0.05) is 63.6 Å². The lowest BCUT2D eigenvalue weighted by Crippen LogP contribution is -2.48. The number of nitrogens with zero attached hydrogens (tertiary/aromatic N) is 1. The second-order valence-electron chi connectivity index (χ2n) is 10.4. The lowest BCUT2D eigenvalue weighted by Gasteiger charge is -2.33. The summed E-state index contributed by atoms with van der Waals surface area (Å²) in [4.78, 5) is 28.6. The Labute approximate surface area is 244 Å². The number of alkyl halides is 1. The van der Waals surface area contributed by atoms with Gasteiger partial charge in [-0.3, -0.25) is 9.59 Å². The predicted octanol–water partition coefficient (Wildman–Crippen LogP) is 6.46. The molecule has 0 unspecified atom stereocenters. The second kappa shape index (κ2) is 17.0. The van der Waals surface area contributed by atoms with Crippen molar-refractivity contribution in [2.24, 2.45) is 0 Å². The monoisotopic (exact) mass is 572 g/mol. The molecule has 1 fully saturated rings. The number of unbranched alkanes of at least 4 members (excludes halogenated alkanes) is 3. The average Bonchev–Trinajstić information content (AvgIpc) is 2.99. The average molecular weight is 573 g/mol. The van der Waals surface area contributed by atoms with Gasteiger partial charge in [0.15, 0.2) is 11.5 Å². The van der Waals surface area contributed by atoms with Crippen LogP contribution in [-0.4, -0.2) is 56.0 Å². The number of methoxy groups -OCH3 is 2. The largest absolute Gasteiger partial charge is 0.494 e. The van der Waals surface area contributed by atoms with Gasteiger partial charge in [0.1, 0.15) is 17.7 Å². The zero-order valence-corrected chi connectivity index (χ0v) is 25.0. The minimum Gasteiger partial charge on any atom is -0.494 e. The molecule has 220 valence electrons. The van der Waals surface area contributed by atoms with Crippen LogP contribution in [-0.2, 0) is 16.0 Å². The molecule has 0 aromatic heterocycles. The molecule has 0 saturated heterocycles. The summed E-state index contributed by atoms with van der Waals surface area (Å²) in [6, 6.07) is 12.5. The Kier molecular flexibility index (Phi) is 13.4. The minimum absolute atomic E-state index is 0.119. The minimum atomic E-state index is -0.799. The van der Waals surface area contributed by atoms with Crippen molar-refractivity contribution in [1.82, 2.24) is 10.2 Å². The van der Waals surface area contributed by atoms with Crippen LogP contribution in [0.2, 0.25) is 0 Å². The van der Waals surface area contributed by atoms with Crippen molar-refractivity contribution in [1.29, 1.82) is 0 Å². The van der Waals surface area contributed by atoms with Crippen molar-refractivity contribution in [2.45, 2.75) is 83.2 Å². The Balaban J connectivity index is 1.82. The number of rotatable bonds is 16. The highest BCUT2D eigenvalue weighted by molar-refractivity contribution is 6.27. The van der Waals surface area contributed by atoms with Crippen molar-refractivity contribution in [3.05, 3.63) is 53.6 Å². The maximum absolute atomic E-state index is 13.8. The Morgan fingerprint density at radius 3 is 2.35 bits per heavy atom. The molecule has 8 heteroatoms. The summed E-state index contributed by atoms with van der Waals surface area (Å²) in [5.41, 5.74) is 1.70. The van der Waals surface area contributed by atoms with Crippen molar-refractivity contribution >= 4 is 23.4 Å². The first-order valence-electron chi connectivity index (χ1n) is 14.6. The van der Waals surface area contributed by atoms with E-state index in [1.54, 1.807) is 19.1 Å². The number of carbonyl (C=O) groups is 2. The van der Waals surface area contributed by atoms with Gasteiger partial charge in [0.2, 0.25) is 11.8 Å². The van der Waals surface area contributed by atoms with Gasteiger partial charge in [-0.05, 0) is 61.1 Å². The fourth-order valence-corrected chi connectivity index (χ4v) is 5.38. The maximum Gasteiger partial charge on any atom is 0.247 e. The van der Waals surface area contributed by atoms with Crippen LogP contribution >= 0.6 is 11.6 Å². The highest BCUT2D eigenvalue weighted by Crippen LogP contribution is 2.30. The molecule has 3 rings (SSSR count). The van der Waals surface area contributed by atoms with Crippen LogP contribution in [0.5, 0.6) is 17.2 Å². The number of hydrogen-bond acceptors (Lipinski definition) is 5. The van der Waals surface area contributed by atoms with E-state index in [1.807, 2.05) is 42.5 Å². The van der Waals surface area contributed by atoms with E-state index in [0.717, 1.165) is 55.4 Å². The Morgan fingerprint density at radius 1 is 0.975 bits per heavy atom. The predicted molar refractivity (Wildman–Crippen MR) is 160 cm³/mol. The number of carbonyl (C=O) groups excluding carboxylic acids is 2. The molecule has 40 heavy (non-hydrogen) atoms. The number of hydrogen-bond donors (Lipinski definition) is 1. The molecule has 1 atom stereocenters. The zero-order chi connectivity index (χ0) is 28.7. The van der Waals surface area contributed by atoms with Gasteiger partial charge < -0.3 is 24.4 Å². The lowest BCUT2D eigenvalue weighted by molar-refractivity contribution is -0.139. The molecule has 1 saturated carbocycles. The summed E-state index contributed by atoms with van der Waals surface area (Å²) >= 11 is 6.08. The van der Waals surface area contributed by atoms with Gasteiger partial charge in [0.25, 0.3) is 0 Å². The molecule has 0 spiro atoms. The van der Waals surface area contributed by atoms with Crippen molar-refractivity contribution in [3.8, 4) is 17.2 Å². The second-order valence-corrected chi connectivity index (χ2v) is 10.7. The van der Waals surface area contributed by atoms with E-state index in [0.29, 0.717) is 31.1 Å². The number of halogens is 1. The first-order chi connectivity index (χ1) is 19.5. The number of ether oxygens (including phenoxy) is 3. The Hall–Kier alpha value is -2.93. The molecule has 0 aliphatic heterocycles. The van der Waals surface area contributed by atoms with Crippen LogP contribution in [0.4, 0.5) is 0 Å². The molecule has 0 radical (unpaired) electrons. The zero-order valence-electron chi connectivity index (χ0n) is 24.3. The van der Waals surface area contributed by atoms with Crippen LogP contribution in [0.15, 0.2) is 42.5 Å². The van der Waals surface area contributed by atoms with Crippen LogP contribution in [0, 0.1) is 0 Å². The molecule has 2 aromatic carbocycles. The highest BCUT2D eigenvalue weighted by atomic mass is 35.5. The van der Waals surface area contributed by atoms with Gasteiger partial charge in [0, 0.05) is 12.6 Å². The van der Waals surface area contributed by atoms with Crippen LogP contribution in [0.3, 0.4) is 0 Å². The third-order valence-corrected chi connectivity index (χ3v) is 7.73. The topological polar surface area (TPSA) is 77.1 Å². The van der Waals surface area contributed by atoms with Gasteiger partial charge in [-0.2, -0.15) is 0 Å². The molecule has 2 aromatic rings. The highest BCUT2D eigenvalue weighted by Gasteiger charge is 2.32.